The molecule has 0 aliphatic carbocycles. The Morgan fingerprint density at radius 1 is 1.39 bits per heavy atom. The van der Waals surface area contributed by atoms with Gasteiger partial charge in [0.1, 0.15) is 11.4 Å². The average Bonchev–Trinajstić information content (AvgIpc) is 3.10. The van der Waals surface area contributed by atoms with Crippen molar-refractivity contribution in [3.05, 3.63) is 29.6 Å². The molecule has 0 saturated carbocycles. The Hall–Kier alpha value is -1.95. The van der Waals surface area contributed by atoms with Gasteiger partial charge in [-0.25, -0.2) is 4.98 Å². The molecule has 1 aromatic rings. The highest BCUT2D eigenvalue weighted by molar-refractivity contribution is 5.96. The minimum Gasteiger partial charge on any atom is -0.376 e. The Morgan fingerprint density at radius 2 is 2.17 bits per heavy atom. The van der Waals surface area contributed by atoms with Gasteiger partial charge in [0.15, 0.2) is 0 Å². The summed E-state index contributed by atoms with van der Waals surface area (Å²) in [6.45, 7) is 4.00. The van der Waals surface area contributed by atoms with Crippen LogP contribution in [0.15, 0.2) is 18.2 Å². The predicted molar refractivity (Wildman–Crippen MR) is 87.4 cm³/mol. The lowest BCUT2D eigenvalue weighted by Gasteiger charge is -2.16. The SMILES string of the molecule is CCCCN(C)C(=O)c1cccc(C(=O)NCC2CCCO2)n1. The van der Waals surface area contributed by atoms with Crippen molar-refractivity contribution < 1.29 is 14.3 Å². The number of carbonyl (C=O) groups is 2. The molecule has 23 heavy (non-hydrogen) atoms. The standard InChI is InChI=1S/C17H25N3O3/c1-3-4-10-20(2)17(22)15-9-5-8-14(19-15)16(21)18-12-13-7-6-11-23-13/h5,8-9,13H,3-4,6-7,10-12H2,1-2H3,(H,18,21). The second-order valence-electron chi connectivity index (χ2n) is 5.83. The Kier molecular flexibility index (Phi) is 6.52. The highest BCUT2D eigenvalue weighted by Crippen LogP contribution is 2.11. The van der Waals surface area contributed by atoms with Crippen LogP contribution in [0.2, 0.25) is 0 Å². The van der Waals surface area contributed by atoms with Crippen LogP contribution in [0.1, 0.15) is 53.6 Å². The molecular weight excluding hydrogens is 294 g/mol. The number of nitrogens with zero attached hydrogens (tertiary/aromatic N) is 2. The van der Waals surface area contributed by atoms with Gasteiger partial charge in [0, 0.05) is 26.7 Å². The lowest BCUT2D eigenvalue weighted by Crippen LogP contribution is -2.33. The first-order valence-electron chi connectivity index (χ1n) is 8.24. The molecule has 0 aromatic carbocycles. The topological polar surface area (TPSA) is 71.5 Å². The van der Waals surface area contributed by atoms with E-state index in [0.717, 1.165) is 32.3 Å². The lowest BCUT2D eigenvalue weighted by atomic mass is 10.2. The van der Waals surface area contributed by atoms with E-state index in [4.69, 9.17) is 4.74 Å². The first-order valence-corrected chi connectivity index (χ1v) is 8.24. The number of rotatable bonds is 7. The summed E-state index contributed by atoms with van der Waals surface area (Å²) in [6, 6.07) is 4.95. The maximum absolute atomic E-state index is 12.3. The number of pyridine rings is 1. The Bertz CT molecular complexity index is 542. The first kappa shape index (κ1) is 17.4. The second kappa shape index (κ2) is 8.62. The van der Waals surface area contributed by atoms with E-state index < -0.39 is 0 Å². The van der Waals surface area contributed by atoms with Gasteiger partial charge in [-0.2, -0.15) is 0 Å². The van der Waals surface area contributed by atoms with Crippen LogP contribution in [0.25, 0.3) is 0 Å². The van der Waals surface area contributed by atoms with Gasteiger partial charge in [0.2, 0.25) is 0 Å². The summed E-state index contributed by atoms with van der Waals surface area (Å²) in [5.74, 6) is -0.432. The summed E-state index contributed by atoms with van der Waals surface area (Å²) >= 11 is 0. The summed E-state index contributed by atoms with van der Waals surface area (Å²) in [7, 11) is 1.75. The fraction of sp³-hybridized carbons (Fsp3) is 0.588. The smallest absolute Gasteiger partial charge is 0.272 e. The molecule has 1 atom stereocenters. The zero-order valence-electron chi connectivity index (χ0n) is 13.9. The summed E-state index contributed by atoms with van der Waals surface area (Å²) in [6.07, 6.45) is 4.06. The van der Waals surface area contributed by atoms with Crippen molar-refractivity contribution in [1.29, 1.82) is 0 Å². The van der Waals surface area contributed by atoms with Gasteiger partial charge in [0.25, 0.3) is 11.8 Å². The maximum Gasteiger partial charge on any atom is 0.272 e. The van der Waals surface area contributed by atoms with Crippen LogP contribution in [0.4, 0.5) is 0 Å². The molecular formula is C17H25N3O3. The van der Waals surface area contributed by atoms with Crippen molar-refractivity contribution in [2.45, 2.75) is 38.7 Å². The average molecular weight is 319 g/mol. The number of aromatic nitrogens is 1. The van der Waals surface area contributed by atoms with Gasteiger partial charge >= 0.3 is 0 Å². The highest BCUT2D eigenvalue weighted by Gasteiger charge is 2.18. The number of amides is 2. The zero-order chi connectivity index (χ0) is 16.7. The fourth-order valence-corrected chi connectivity index (χ4v) is 2.48. The number of unbranched alkanes of at least 4 members (excludes halogenated alkanes) is 1. The molecule has 1 aromatic heterocycles. The predicted octanol–water partition coefficient (Wildman–Crippen LogP) is 1.86. The van der Waals surface area contributed by atoms with E-state index in [9.17, 15) is 9.59 Å². The summed E-state index contributed by atoms with van der Waals surface area (Å²) in [4.78, 5) is 30.3. The fourth-order valence-electron chi connectivity index (χ4n) is 2.48. The van der Waals surface area contributed by atoms with Crippen molar-refractivity contribution in [2.24, 2.45) is 0 Å². The monoisotopic (exact) mass is 319 g/mol. The number of nitrogens with one attached hydrogen (secondary N) is 1. The Labute approximate surface area is 137 Å². The highest BCUT2D eigenvalue weighted by atomic mass is 16.5. The molecule has 0 radical (unpaired) electrons. The molecule has 1 fully saturated rings. The van der Waals surface area contributed by atoms with Crippen LogP contribution in [0, 0.1) is 0 Å². The summed E-state index contributed by atoms with van der Waals surface area (Å²) < 4.78 is 5.47. The molecule has 126 valence electrons. The van der Waals surface area contributed by atoms with Crippen LogP contribution in [-0.2, 0) is 4.74 Å². The summed E-state index contributed by atoms with van der Waals surface area (Å²) in [5.41, 5.74) is 0.561. The number of hydrogen-bond donors (Lipinski definition) is 1. The third-order valence-electron chi connectivity index (χ3n) is 3.91. The zero-order valence-corrected chi connectivity index (χ0v) is 13.9. The van der Waals surface area contributed by atoms with Gasteiger partial charge in [0.05, 0.1) is 6.10 Å². The number of ether oxygens (including phenoxy) is 1. The van der Waals surface area contributed by atoms with Crippen LogP contribution in [0.5, 0.6) is 0 Å². The van der Waals surface area contributed by atoms with E-state index in [1.807, 2.05) is 0 Å². The molecule has 1 aliphatic heterocycles. The number of hydrogen-bond acceptors (Lipinski definition) is 4. The van der Waals surface area contributed by atoms with Gasteiger partial charge < -0.3 is 15.0 Å². The molecule has 2 amide bonds. The minimum atomic E-state index is -0.272. The largest absolute Gasteiger partial charge is 0.376 e. The van der Waals surface area contributed by atoms with E-state index in [2.05, 4.69) is 17.2 Å². The molecule has 1 unspecified atom stereocenters. The van der Waals surface area contributed by atoms with E-state index >= 15 is 0 Å². The van der Waals surface area contributed by atoms with Crippen LogP contribution >= 0.6 is 0 Å². The van der Waals surface area contributed by atoms with Crippen molar-refractivity contribution in [3.63, 3.8) is 0 Å². The molecule has 6 nitrogen and oxygen atoms in total. The molecule has 1 N–H and O–H groups in total. The molecule has 1 aliphatic rings. The van der Waals surface area contributed by atoms with Gasteiger partial charge in [-0.3, -0.25) is 9.59 Å². The normalized spacial score (nSPS) is 17.0. The van der Waals surface area contributed by atoms with Crippen molar-refractivity contribution in [2.75, 3.05) is 26.7 Å². The first-order chi connectivity index (χ1) is 11.1. The van der Waals surface area contributed by atoms with Gasteiger partial charge in [-0.1, -0.05) is 19.4 Å². The van der Waals surface area contributed by atoms with Crippen LogP contribution in [-0.4, -0.2) is 54.5 Å². The second-order valence-corrected chi connectivity index (χ2v) is 5.83. The van der Waals surface area contributed by atoms with E-state index in [-0.39, 0.29) is 23.6 Å². The maximum atomic E-state index is 12.3. The van der Waals surface area contributed by atoms with Crippen LogP contribution < -0.4 is 5.32 Å². The lowest BCUT2D eigenvalue weighted by molar-refractivity contribution is 0.0786. The van der Waals surface area contributed by atoms with Crippen molar-refractivity contribution in [1.82, 2.24) is 15.2 Å². The molecule has 2 rings (SSSR count). The van der Waals surface area contributed by atoms with Crippen molar-refractivity contribution in [3.8, 4) is 0 Å². The summed E-state index contributed by atoms with van der Waals surface area (Å²) in [5, 5.41) is 2.82. The molecule has 6 heteroatoms. The van der Waals surface area contributed by atoms with Crippen LogP contribution in [0.3, 0.4) is 0 Å². The quantitative estimate of drug-likeness (QED) is 0.833. The Balaban J connectivity index is 1.95. The van der Waals surface area contributed by atoms with E-state index in [0.29, 0.717) is 18.8 Å². The molecule has 2 heterocycles. The van der Waals surface area contributed by atoms with E-state index in [1.54, 1.807) is 30.1 Å². The minimum absolute atomic E-state index is 0.0870. The van der Waals surface area contributed by atoms with Crippen molar-refractivity contribution >= 4 is 11.8 Å². The molecule has 0 spiro atoms. The third-order valence-corrected chi connectivity index (χ3v) is 3.91. The van der Waals surface area contributed by atoms with E-state index in [1.165, 1.54) is 0 Å². The number of carbonyl (C=O) groups excluding carboxylic acids is 2. The Morgan fingerprint density at radius 3 is 2.87 bits per heavy atom. The third kappa shape index (κ3) is 5.03. The van der Waals surface area contributed by atoms with Gasteiger partial charge in [-0.15, -0.1) is 0 Å². The molecule has 0 bridgehead atoms. The molecule has 1 saturated heterocycles. The van der Waals surface area contributed by atoms with Gasteiger partial charge in [-0.05, 0) is 31.4 Å².